The van der Waals surface area contributed by atoms with Crippen LogP contribution in [0.5, 0.6) is 0 Å². The van der Waals surface area contributed by atoms with E-state index in [0.717, 1.165) is 20.5 Å². The molecule has 0 aromatic heterocycles. The van der Waals surface area contributed by atoms with Crippen LogP contribution in [0.4, 0.5) is 0 Å². The van der Waals surface area contributed by atoms with Gasteiger partial charge in [0.25, 0.3) is 0 Å². The van der Waals surface area contributed by atoms with E-state index < -0.39 is 6.04 Å². The fourth-order valence-corrected chi connectivity index (χ4v) is 5.11. The Balaban J connectivity index is 1.84. The smallest absolute Gasteiger partial charge is 0.243 e. The lowest BCUT2D eigenvalue weighted by molar-refractivity contribution is -0.141. The van der Waals surface area contributed by atoms with E-state index in [0.29, 0.717) is 30.2 Å². The molecule has 3 aromatic carbocycles. The third-order valence-corrected chi connectivity index (χ3v) is 7.10. The number of nitrogens with zero attached hydrogens (tertiary/aromatic N) is 1. The number of hydrogen-bond acceptors (Lipinski definition) is 3. The van der Waals surface area contributed by atoms with E-state index in [4.69, 9.17) is 11.6 Å². The second kappa shape index (κ2) is 13.7. The van der Waals surface area contributed by atoms with Crippen molar-refractivity contribution in [3.8, 4) is 0 Å². The highest BCUT2D eigenvalue weighted by Gasteiger charge is 2.30. The molecule has 4 nitrogen and oxygen atoms in total. The normalized spacial score (nSPS) is 11.8. The first-order chi connectivity index (χ1) is 16.8. The number of carbonyl (C=O) groups is 2. The molecular weight excluding hydrogens is 544 g/mol. The second-order valence-corrected chi connectivity index (χ2v) is 11.1. The molecule has 0 aliphatic carbocycles. The lowest BCUT2D eigenvalue weighted by atomic mass is 10.0. The van der Waals surface area contributed by atoms with Gasteiger partial charge < -0.3 is 10.2 Å². The molecule has 3 rings (SSSR count). The van der Waals surface area contributed by atoms with Crippen LogP contribution in [-0.2, 0) is 22.6 Å². The molecule has 7 heteroatoms. The zero-order chi connectivity index (χ0) is 25.2. The van der Waals surface area contributed by atoms with Gasteiger partial charge >= 0.3 is 0 Å². The van der Waals surface area contributed by atoms with Crippen molar-refractivity contribution in [3.63, 3.8) is 0 Å². The minimum absolute atomic E-state index is 0.0240. The Bertz CT molecular complexity index is 1110. The highest BCUT2D eigenvalue weighted by Crippen LogP contribution is 2.23. The highest BCUT2D eigenvalue weighted by molar-refractivity contribution is 9.10. The van der Waals surface area contributed by atoms with Crippen molar-refractivity contribution in [2.45, 2.75) is 50.2 Å². The van der Waals surface area contributed by atoms with Crippen LogP contribution in [-0.4, -0.2) is 34.6 Å². The summed E-state index contributed by atoms with van der Waals surface area (Å²) < 4.78 is 0.937. The van der Waals surface area contributed by atoms with E-state index in [1.54, 1.807) is 16.7 Å². The van der Waals surface area contributed by atoms with Gasteiger partial charge in [0.05, 0.1) is 0 Å². The van der Waals surface area contributed by atoms with Crippen LogP contribution in [0.25, 0.3) is 0 Å². The summed E-state index contributed by atoms with van der Waals surface area (Å²) in [5.74, 6) is 0.420. The molecular formula is C28H30BrClN2O2S. The van der Waals surface area contributed by atoms with Gasteiger partial charge in [-0.1, -0.05) is 70.0 Å². The third kappa shape index (κ3) is 9.02. The number of carbonyl (C=O) groups excluding carboxylic acids is 2. The molecule has 0 heterocycles. The van der Waals surface area contributed by atoms with Crippen LogP contribution < -0.4 is 5.32 Å². The number of amides is 2. The summed E-state index contributed by atoms with van der Waals surface area (Å²) in [4.78, 5) is 29.7. The van der Waals surface area contributed by atoms with E-state index in [-0.39, 0.29) is 17.9 Å². The molecule has 0 bridgehead atoms. The van der Waals surface area contributed by atoms with Gasteiger partial charge in [0.15, 0.2) is 0 Å². The molecule has 0 aliphatic heterocycles. The summed E-state index contributed by atoms with van der Waals surface area (Å²) in [5, 5.41) is 3.71. The van der Waals surface area contributed by atoms with E-state index >= 15 is 0 Å². The first-order valence-electron chi connectivity index (χ1n) is 11.6. The van der Waals surface area contributed by atoms with Crippen molar-refractivity contribution < 1.29 is 9.59 Å². The second-order valence-electron chi connectivity index (χ2n) is 8.57. The Morgan fingerprint density at radius 3 is 2.31 bits per heavy atom. The first-order valence-corrected chi connectivity index (χ1v) is 13.7. The lowest BCUT2D eigenvalue weighted by Gasteiger charge is -2.32. The average Bonchev–Trinajstić information content (AvgIpc) is 2.82. The average molecular weight is 574 g/mol. The molecule has 0 aliphatic rings. The molecule has 1 N–H and O–H groups in total. The fraction of sp³-hybridized carbons (Fsp3) is 0.286. The summed E-state index contributed by atoms with van der Waals surface area (Å²) in [7, 11) is 0. The quantitative estimate of drug-likeness (QED) is 0.258. The van der Waals surface area contributed by atoms with Gasteiger partial charge in [-0.2, -0.15) is 0 Å². The zero-order valence-electron chi connectivity index (χ0n) is 19.9. The molecule has 3 aromatic rings. The van der Waals surface area contributed by atoms with Gasteiger partial charge in [-0.25, -0.2) is 0 Å². The molecule has 0 spiro atoms. The van der Waals surface area contributed by atoms with Gasteiger partial charge in [-0.05, 0) is 61.4 Å². The molecule has 1 atom stereocenters. The third-order valence-electron chi connectivity index (χ3n) is 5.34. The van der Waals surface area contributed by atoms with E-state index in [9.17, 15) is 9.59 Å². The van der Waals surface area contributed by atoms with E-state index in [1.165, 1.54) is 0 Å². The number of rotatable bonds is 11. The Morgan fingerprint density at radius 1 is 0.971 bits per heavy atom. The largest absolute Gasteiger partial charge is 0.352 e. The van der Waals surface area contributed by atoms with Crippen molar-refractivity contribution in [2.24, 2.45) is 0 Å². The minimum Gasteiger partial charge on any atom is -0.352 e. The van der Waals surface area contributed by atoms with Crippen LogP contribution in [0, 0.1) is 0 Å². The number of thioether (sulfide) groups is 1. The Morgan fingerprint density at radius 2 is 1.66 bits per heavy atom. The summed E-state index contributed by atoms with van der Waals surface area (Å²) in [6.45, 7) is 4.22. The van der Waals surface area contributed by atoms with Gasteiger partial charge in [0.2, 0.25) is 11.8 Å². The Kier molecular flexibility index (Phi) is 10.7. The topological polar surface area (TPSA) is 49.4 Å². The standard InChI is InChI=1S/C28H30BrClN2O2S/c1-20(2)31-28(34)26(18-21-7-4-3-5-8-21)32(19-22-9-6-10-23(29)17-22)27(33)15-16-35-25-13-11-24(30)12-14-25/h3-14,17,20,26H,15-16,18-19H2,1-2H3,(H,31,34)/t26-/m0/s1. The number of nitrogens with one attached hydrogen (secondary N) is 1. The molecule has 0 fully saturated rings. The summed E-state index contributed by atoms with van der Waals surface area (Å²) in [6.07, 6.45) is 0.769. The molecule has 184 valence electrons. The van der Waals surface area contributed by atoms with E-state index in [2.05, 4.69) is 21.2 Å². The van der Waals surface area contributed by atoms with Gasteiger partial charge in [-0.3, -0.25) is 9.59 Å². The zero-order valence-corrected chi connectivity index (χ0v) is 23.1. The maximum Gasteiger partial charge on any atom is 0.243 e. The van der Waals surface area contributed by atoms with E-state index in [1.807, 2.05) is 92.7 Å². The van der Waals surface area contributed by atoms with Crippen molar-refractivity contribution in [3.05, 3.63) is 99.5 Å². The van der Waals surface area contributed by atoms with Gasteiger partial charge in [-0.15, -0.1) is 11.8 Å². The van der Waals surface area contributed by atoms with Gasteiger partial charge in [0.1, 0.15) is 6.04 Å². The maximum absolute atomic E-state index is 13.6. The lowest BCUT2D eigenvalue weighted by Crippen LogP contribution is -2.51. The Labute approximate surface area is 225 Å². The Hall–Kier alpha value is -2.28. The molecule has 0 radical (unpaired) electrons. The predicted octanol–water partition coefficient (Wildman–Crippen LogP) is 6.75. The van der Waals surface area contributed by atoms with Crippen LogP contribution in [0.2, 0.25) is 5.02 Å². The molecule has 0 unspecified atom stereocenters. The molecule has 0 saturated carbocycles. The van der Waals surface area contributed by atoms with Crippen molar-refractivity contribution in [2.75, 3.05) is 5.75 Å². The van der Waals surface area contributed by atoms with Crippen LogP contribution in [0.1, 0.15) is 31.4 Å². The van der Waals surface area contributed by atoms with Crippen molar-refractivity contribution >= 4 is 51.1 Å². The van der Waals surface area contributed by atoms with Crippen LogP contribution >= 0.6 is 39.3 Å². The predicted molar refractivity (Wildman–Crippen MR) is 149 cm³/mol. The molecule has 0 saturated heterocycles. The SMILES string of the molecule is CC(C)NC(=O)[C@H](Cc1ccccc1)N(Cc1cccc(Br)c1)C(=O)CCSc1ccc(Cl)cc1. The molecule has 35 heavy (non-hydrogen) atoms. The minimum atomic E-state index is -0.619. The number of benzene rings is 3. The van der Waals surface area contributed by atoms with Crippen LogP contribution in [0.3, 0.4) is 0 Å². The number of hydrogen-bond donors (Lipinski definition) is 1. The summed E-state index contributed by atoms with van der Waals surface area (Å²) >= 11 is 11.1. The van der Waals surface area contributed by atoms with Crippen molar-refractivity contribution in [1.29, 1.82) is 0 Å². The van der Waals surface area contributed by atoms with Crippen molar-refractivity contribution in [1.82, 2.24) is 10.2 Å². The first kappa shape index (κ1) is 27.3. The fourth-order valence-electron chi connectivity index (χ4n) is 3.70. The van der Waals surface area contributed by atoms with Gasteiger partial charge in [0, 0.05) is 45.6 Å². The monoisotopic (exact) mass is 572 g/mol. The summed E-state index contributed by atoms with van der Waals surface area (Å²) in [6, 6.07) is 24.7. The number of halogens is 2. The summed E-state index contributed by atoms with van der Waals surface area (Å²) in [5.41, 5.74) is 1.98. The molecule has 2 amide bonds. The van der Waals surface area contributed by atoms with Crippen LogP contribution in [0.15, 0.2) is 88.2 Å². The maximum atomic E-state index is 13.6. The highest BCUT2D eigenvalue weighted by atomic mass is 79.9.